The number of nitrogens with zero attached hydrogens (tertiary/aromatic N) is 4. The SMILES string of the molecule is CC(c1cnc2ccccc2c1)C(F)C1N(Cc2ccccc2)C(=O)c2cccnc2N1C. The summed E-state index contributed by atoms with van der Waals surface area (Å²) in [6.45, 7) is 2.16. The molecule has 0 aliphatic carbocycles. The van der Waals surface area contributed by atoms with Crippen molar-refractivity contribution in [2.45, 2.75) is 31.7 Å². The third-order valence-corrected chi connectivity index (χ3v) is 6.42. The van der Waals surface area contributed by atoms with Crippen LogP contribution in [-0.4, -0.2) is 40.2 Å². The fourth-order valence-corrected chi connectivity index (χ4v) is 4.56. The van der Waals surface area contributed by atoms with Gasteiger partial charge in [0.05, 0.1) is 11.1 Å². The molecule has 2 aromatic carbocycles. The Kier molecular flexibility index (Phi) is 5.50. The van der Waals surface area contributed by atoms with Crippen LogP contribution >= 0.6 is 0 Å². The van der Waals surface area contributed by atoms with Gasteiger partial charge in [0.1, 0.15) is 18.2 Å². The second-order valence-corrected chi connectivity index (χ2v) is 8.51. The number of pyridine rings is 2. The van der Waals surface area contributed by atoms with Crippen molar-refractivity contribution in [2.75, 3.05) is 11.9 Å². The number of anilines is 1. The molecule has 2 aromatic heterocycles. The molecule has 0 N–H and O–H groups in total. The van der Waals surface area contributed by atoms with Gasteiger partial charge in [-0.3, -0.25) is 9.78 Å². The smallest absolute Gasteiger partial charge is 0.259 e. The van der Waals surface area contributed by atoms with E-state index in [4.69, 9.17) is 0 Å². The molecule has 3 atom stereocenters. The van der Waals surface area contributed by atoms with E-state index in [1.165, 1.54) is 0 Å². The maximum atomic E-state index is 16.3. The van der Waals surface area contributed by atoms with Crippen LogP contribution in [0.1, 0.15) is 34.3 Å². The molecule has 0 fully saturated rings. The highest BCUT2D eigenvalue weighted by atomic mass is 19.1. The van der Waals surface area contributed by atoms with E-state index in [-0.39, 0.29) is 5.91 Å². The van der Waals surface area contributed by atoms with Crippen LogP contribution in [0.2, 0.25) is 0 Å². The third-order valence-electron chi connectivity index (χ3n) is 6.42. The molecule has 0 spiro atoms. The monoisotopic (exact) mass is 440 g/mol. The first-order valence-corrected chi connectivity index (χ1v) is 11.1. The van der Waals surface area contributed by atoms with Gasteiger partial charge in [-0.1, -0.05) is 55.5 Å². The molecular formula is C27H25FN4O. The Morgan fingerprint density at radius 1 is 1.00 bits per heavy atom. The molecular weight excluding hydrogens is 415 g/mol. The van der Waals surface area contributed by atoms with Crippen LogP contribution in [0.5, 0.6) is 0 Å². The molecule has 3 heterocycles. The molecule has 0 saturated carbocycles. The van der Waals surface area contributed by atoms with Crippen molar-refractivity contribution in [3.05, 3.63) is 102 Å². The van der Waals surface area contributed by atoms with Crippen molar-refractivity contribution in [1.29, 1.82) is 0 Å². The molecule has 0 radical (unpaired) electrons. The predicted octanol–water partition coefficient (Wildman–Crippen LogP) is 5.19. The maximum Gasteiger partial charge on any atom is 0.259 e. The fourth-order valence-electron chi connectivity index (χ4n) is 4.56. The summed E-state index contributed by atoms with van der Waals surface area (Å²) in [5, 5.41) is 0.968. The Hall–Kier alpha value is -3.80. The highest BCUT2D eigenvalue weighted by molar-refractivity contribution is 6.01. The first-order valence-electron chi connectivity index (χ1n) is 11.1. The third kappa shape index (κ3) is 3.82. The minimum atomic E-state index is -1.36. The highest BCUT2D eigenvalue weighted by Crippen LogP contribution is 2.36. The Morgan fingerprint density at radius 3 is 2.58 bits per heavy atom. The second-order valence-electron chi connectivity index (χ2n) is 8.51. The normalized spacial score (nSPS) is 17.7. The van der Waals surface area contributed by atoms with E-state index in [1.807, 2.05) is 67.6 Å². The number of rotatable bonds is 5. The number of alkyl halides is 1. The Balaban J connectivity index is 1.53. The van der Waals surface area contributed by atoms with Crippen molar-refractivity contribution in [1.82, 2.24) is 14.9 Å². The topological polar surface area (TPSA) is 49.3 Å². The van der Waals surface area contributed by atoms with Crippen LogP contribution in [0.4, 0.5) is 10.2 Å². The molecule has 0 saturated heterocycles. The van der Waals surface area contributed by atoms with Crippen molar-refractivity contribution in [3.63, 3.8) is 0 Å². The number of halogens is 1. The number of aromatic nitrogens is 2. The molecule has 1 aliphatic heterocycles. The van der Waals surface area contributed by atoms with Crippen LogP contribution in [0.3, 0.4) is 0 Å². The van der Waals surface area contributed by atoms with E-state index in [9.17, 15) is 4.79 Å². The van der Waals surface area contributed by atoms with Crippen LogP contribution in [-0.2, 0) is 6.54 Å². The largest absolute Gasteiger partial charge is 0.336 e. The number of carbonyl (C=O) groups is 1. The maximum absolute atomic E-state index is 16.3. The lowest BCUT2D eigenvalue weighted by molar-refractivity contribution is 0.0465. The number of hydrogen-bond acceptors (Lipinski definition) is 4. The first kappa shape index (κ1) is 21.1. The van der Waals surface area contributed by atoms with Gasteiger partial charge in [-0.15, -0.1) is 0 Å². The van der Waals surface area contributed by atoms with Gasteiger partial charge in [-0.25, -0.2) is 9.37 Å². The predicted molar refractivity (Wildman–Crippen MR) is 128 cm³/mol. The Bertz CT molecular complexity index is 1300. The van der Waals surface area contributed by atoms with Gasteiger partial charge in [0.2, 0.25) is 0 Å². The molecule has 6 heteroatoms. The summed E-state index contributed by atoms with van der Waals surface area (Å²) >= 11 is 0. The van der Waals surface area contributed by atoms with E-state index in [0.717, 1.165) is 22.0 Å². The van der Waals surface area contributed by atoms with Crippen LogP contribution in [0.15, 0.2) is 85.2 Å². The van der Waals surface area contributed by atoms with E-state index < -0.39 is 18.3 Å². The van der Waals surface area contributed by atoms with Gasteiger partial charge in [0, 0.05) is 37.3 Å². The van der Waals surface area contributed by atoms with Gasteiger partial charge in [-0.2, -0.15) is 0 Å². The Morgan fingerprint density at radius 2 is 1.76 bits per heavy atom. The molecule has 3 unspecified atom stereocenters. The van der Waals surface area contributed by atoms with Gasteiger partial charge < -0.3 is 9.80 Å². The molecule has 1 aliphatic rings. The highest BCUT2D eigenvalue weighted by Gasteiger charge is 2.43. The van der Waals surface area contributed by atoms with Crippen LogP contribution in [0, 0.1) is 0 Å². The zero-order valence-electron chi connectivity index (χ0n) is 18.6. The van der Waals surface area contributed by atoms with Crippen LogP contribution < -0.4 is 4.90 Å². The summed E-state index contributed by atoms with van der Waals surface area (Å²) in [5.41, 5.74) is 3.11. The summed E-state index contributed by atoms with van der Waals surface area (Å²) in [4.78, 5) is 25.8. The van der Waals surface area contributed by atoms with Crippen molar-refractivity contribution < 1.29 is 9.18 Å². The van der Waals surface area contributed by atoms with Gasteiger partial charge in [0.15, 0.2) is 0 Å². The number of fused-ring (bicyclic) bond motifs is 2. The number of amides is 1. The molecule has 0 bridgehead atoms. The number of para-hydroxylation sites is 1. The zero-order chi connectivity index (χ0) is 22.9. The van der Waals surface area contributed by atoms with E-state index in [1.54, 1.807) is 41.4 Å². The molecule has 4 aromatic rings. The lowest BCUT2D eigenvalue weighted by atomic mass is 9.92. The number of benzene rings is 2. The van der Waals surface area contributed by atoms with E-state index in [2.05, 4.69) is 9.97 Å². The second kappa shape index (κ2) is 8.62. The lowest BCUT2D eigenvalue weighted by Crippen LogP contribution is -2.59. The van der Waals surface area contributed by atoms with E-state index in [0.29, 0.717) is 17.9 Å². The fraction of sp³-hybridized carbons (Fsp3) is 0.222. The summed E-state index contributed by atoms with van der Waals surface area (Å²) in [5.74, 6) is -0.189. The van der Waals surface area contributed by atoms with Gasteiger partial charge in [0.25, 0.3) is 5.91 Å². The number of hydrogen-bond donors (Lipinski definition) is 0. The molecule has 166 valence electrons. The van der Waals surface area contributed by atoms with Crippen LogP contribution in [0.25, 0.3) is 10.9 Å². The minimum Gasteiger partial charge on any atom is -0.336 e. The zero-order valence-corrected chi connectivity index (χ0v) is 18.6. The Labute approximate surface area is 192 Å². The molecule has 33 heavy (non-hydrogen) atoms. The summed E-state index contributed by atoms with van der Waals surface area (Å²) in [7, 11) is 1.80. The average Bonchev–Trinajstić information content (AvgIpc) is 2.87. The minimum absolute atomic E-state index is 0.212. The van der Waals surface area contributed by atoms with Gasteiger partial charge in [-0.05, 0) is 35.4 Å². The average molecular weight is 441 g/mol. The first-order chi connectivity index (χ1) is 16.0. The lowest BCUT2D eigenvalue weighted by Gasteiger charge is -2.45. The van der Waals surface area contributed by atoms with Crippen molar-refractivity contribution in [2.24, 2.45) is 0 Å². The van der Waals surface area contributed by atoms with Gasteiger partial charge >= 0.3 is 0 Å². The molecule has 1 amide bonds. The summed E-state index contributed by atoms with van der Waals surface area (Å²) in [6.07, 6.45) is 1.20. The molecule has 5 rings (SSSR count). The summed E-state index contributed by atoms with van der Waals surface area (Å²) < 4.78 is 16.3. The molecule has 5 nitrogen and oxygen atoms in total. The van der Waals surface area contributed by atoms with Crippen molar-refractivity contribution in [3.8, 4) is 0 Å². The number of carbonyl (C=O) groups excluding carboxylic acids is 1. The standard InChI is InChI=1S/C27H25FN4O/c1-18(21-15-20-11-6-7-13-23(20)30-16-21)24(28)26-31(2)25-22(12-8-14-29-25)27(33)32(26)17-19-9-4-3-5-10-19/h3-16,18,24,26H,17H2,1-2H3. The van der Waals surface area contributed by atoms with Crippen molar-refractivity contribution >= 4 is 22.6 Å². The quantitative estimate of drug-likeness (QED) is 0.429. The summed E-state index contributed by atoms with van der Waals surface area (Å²) in [6, 6.07) is 22.9. The van der Waals surface area contributed by atoms with E-state index >= 15 is 4.39 Å².